The van der Waals surface area contributed by atoms with Crippen molar-refractivity contribution < 1.29 is 9.53 Å². The number of ether oxygens (including phenoxy) is 1. The van der Waals surface area contributed by atoms with Crippen LogP contribution >= 0.6 is 0 Å². The Morgan fingerprint density at radius 1 is 0.967 bits per heavy atom. The van der Waals surface area contributed by atoms with Crippen LogP contribution in [0.1, 0.15) is 24.8 Å². The number of carbonyl (C=O) groups excluding carboxylic acids is 1. The topological polar surface area (TPSA) is 67.3 Å². The van der Waals surface area contributed by atoms with Crippen molar-refractivity contribution in [3.63, 3.8) is 0 Å². The molecule has 3 aromatic rings. The zero-order valence-corrected chi connectivity index (χ0v) is 17.2. The van der Waals surface area contributed by atoms with Crippen molar-refractivity contribution in [2.75, 3.05) is 30.4 Å². The number of aromatic nitrogens is 2. The summed E-state index contributed by atoms with van der Waals surface area (Å²) >= 11 is 0. The third kappa shape index (κ3) is 4.95. The van der Waals surface area contributed by atoms with Gasteiger partial charge in [0.15, 0.2) is 5.82 Å². The number of hydrogen-bond acceptors (Lipinski definition) is 5. The molecule has 1 aliphatic heterocycles. The molecule has 0 atom stereocenters. The molecule has 1 aliphatic rings. The Balaban J connectivity index is 1.31. The summed E-state index contributed by atoms with van der Waals surface area (Å²) in [7, 11) is 1.64. The molecular weight excluding hydrogens is 376 g/mol. The second kappa shape index (κ2) is 9.39. The van der Waals surface area contributed by atoms with Gasteiger partial charge in [-0.15, -0.1) is 10.2 Å². The van der Waals surface area contributed by atoms with E-state index >= 15 is 0 Å². The van der Waals surface area contributed by atoms with Gasteiger partial charge in [0.1, 0.15) is 5.75 Å². The van der Waals surface area contributed by atoms with E-state index in [-0.39, 0.29) is 5.91 Å². The average Bonchev–Trinajstić information content (AvgIpc) is 3.34. The molecule has 30 heavy (non-hydrogen) atoms. The molecule has 6 nitrogen and oxygen atoms in total. The number of methoxy groups -OCH3 is 1. The molecule has 1 fully saturated rings. The van der Waals surface area contributed by atoms with Crippen LogP contribution in [-0.4, -0.2) is 36.3 Å². The first-order valence-electron chi connectivity index (χ1n) is 10.3. The fourth-order valence-electron chi connectivity index (χ4n) is 3.59. The first kappa shape index (κ1) is 19.9. The average molecular weight is 402 g/mol. The van der Waals surface area contributed by atoms with Crippen LogP contribution in [0.15, 0.2) is 60.7 Å². The number of nitrogens with zero attached hydrogens (tertiary/aromatic N) is 3. The van der Waals surface area contributed by atoms with E-state index in [1.807, 2.05) is 60.7 Å². The Bertz CT molecular complexity index is 964. The maximum absolute atomic E-state index is 12.3. The van der Waals surface area contributed by atoms with Gasteiger partial charge < -0.3 is 15.0 Å². The smallest absolute Gasteiger partial charge is 0.224 e. The van der Waals surface area contributed by atoms with Crippen molar-refractivity contribution in [1.82, 2.24) is 10.2 Å². The second-order valence-corrected chi connectivity index (χ2v) is 7.44. The first-order chi connectivity index (χ1) is 14.7. The highest BCUT2D eigenvalue weighted by atomic mass is 16.5. The summed E-state index contributed by atoms with van der Waals surface area (Å²) in [5.41, 5.74) is 3.69. The molecule has 0 spiro atoms. The van der Waals surface area contributed by atoms with Gasteiger partial charge in [-0.2, -0.15) is 0 Å². The Morgan fingerprint density at radius 2 is 1.70 bits per heavy atom. The molecule has 2 aromatic carbocycles. The standard InChI is InChI=1S/C24H26N4O2/c1-30-21-11-4-18(5-12-21)6-15-24(29)25-20-9-7-19(8-10-20)22-13-14-23(27-26-22)28-16-2-3-17-28/h4-5,7-14H,2-3,6,15-17H2,1H3,(H,25,29). The van der Waals surface area contributed by atoms with E-state index in [1.54, 1.807) is 7.11 Å². The van der Waals surface area contributed by atoms with Crippen LogP contribution in [0.25, 0.3) is 11.3 Å². The Kier molecular flexibility index (Phi) is 6.23. The molecule has 0 bridgehead atoms. The Hall–Kier alpha value is -3.41. The molecule has 4 rings (SSSR count). The maximum Gasteiger partial charge on any atom is 0.224 e. The Morgan fingerprint density at radius 3 is 2.33 bits per heavy atom. The number of anilines is 2. The highest BCUT2D eigenvalue weighted by Crippen LogP contribution is 2.22. The van der Waals surface area contributed by atoms with E-state index in [4.69, 9.17) is 4.74 Å². The summed E-state index contributed by atoms with van der Waals surface area (Å²) in [4.78, 5) is 14.5. The van der Waals surface area contributed by atoms with Crippen LogP contribution in [0.5, 0.6) is 5.75 Å². The van der Waals surface area contributed by atoms with Crippen LogP contribution in [0.3, 0.4) is 0 Å². The van der Waals surface area contributed by atoms with Gasteiger partial charge in [-0.3, -0.25) is 4.79 Å². The van der Waals surface area contributed by atoms with Gasteiger partial charge in [0, 0.05) is 30.8 Å². The van der Waals surface area contributed by atoms with Gasteiger partial charge in [0.2, 0.25) is 5.91 Å². The van der Waals surface area contributed by atoms with Crippen molar-refractivity contribution in [3.8, 4) is 17.0 Å². The molecule has 154 valence electrons. The SMILES string of the molecule is COc1ccc(CCC(=O)Nc2ccc(-c3ccc(N4CCCC4)nn3)cc2)cc1. The summed E-state index contributed by atoms with van der Waals surface area (Å²) in [6.07, 6.45) is 3.55. The molecule has 6 heteroatoms. The Labute approximate surface area is 176 Å². The first-order valence-corrected chi connectivity index (χ1v) is 10.3. The normalized spacial score (nSPS) is 13.3. The minimum absolute atomic E-state index is 0.00618. The molecular formula is C24H26N4O2. The minimum atomic E-state index is -0.00618. The van der Waals surface area contributed by atoms with E-state index in [0.717, 1.165) is 47.2 Å². The van der Waals surface area contributed by atoms with Crippen molar-refractivity contribution in [3.05, 3.63) is 66.2 Å². The number of nitrogens with one attached hydrogen (secondary N) is 1. The lowest BCUT2D eigenvalue weighted by Crippen LogP contribution is -2.19. The van der Waals surface area contributed by atoms with Crippen molar-refractivity contribution in [1.29, 1.82) is 0 Å². The van der Waals surface area contributed by atoms with E-state index in [1.165, 1.54) is 12.8 Å². The third-order valence-corrected chi connectivity index (χ3v) is 5.34. The van der Waals surface area contributed by atoms with Crippen molar-refractivity contribution in [2.24, 2.45) is 0 Å². The van der Waals surface area contributed by atoms with Crippen LogP contribution in [-0.2, 0) is 11.2 Å². The molecule has 1 saturated heterocycles. The number of carbonyl (C=O) groups is 1. The maximum atomic E-state index is 12.3. The van der Waals surface area contributed by atoms with Crippen LogP contribution < -0.4 is 15.0 Å². The van der Waals surface area contributed by atoms with Gasteiger partial charge in [-0.25, -0.2) is 0 Å². The van der Waals surface area contributed by atoms with Gasteiger partial charge >= 0.3 is 0 Å². The summed E-state index contributed by atoms with van der Waals surface area (Å²) in [6.45, 7) is 2.11. The van der Waals surface area contributed by atoms with Gasteiger partial charge in [-0.05, 0) is 61.2 Å². The monoisotopic (exact) mass is 402 g/mol. The quantitative estimate of drug-likeness (QED) is 0.637. The van der Waals surface area contributed by atoms with Gasteiger partial charge in [0.25, 0.3) is 0 Å². The van der Waals surface area contributed by atoms with E-state index < -0.39 is 0 Å². The summed E-state index contributed by atoms with van der Waals surface area (Å²) in [5.74, 6) is 1.75. The molecule has 0 aliphatic carbocycles. The predicted molar refractivity (Wildman–Crippen MR) is 119 cm³/mol. The van der Waals surface area contributed by atoms with Gasteiger partial charge in [0.05, 0.1) is 12.8 Å². The fraction of sp³-hybridized carbons (Fsp3) is 0.292. The minimum Gasteiger partial charge on any atom is -0.497 e. The summed E-state index contributed by atoms with van der Waals surface area (Å²) in [5, 5.41) is 11.7. The van der Waals surface area contributed by atoms with Gasteiger partial charge in [-0.1, -0.05) is 24.3 Å². The molecule has 1 N–H and O–H groups in total. The number of benzene rings is 2. The molecule has 2 heterocycles. The van der Waals surface area contributed by atoms with Crippen molar-refractivity contribution in [2.45, 2.75) is 25.7 Å². The molecule has 1 amide bonds. The largest absolute Gasteiger partial charge is 0.497 e. The number of hydrogen-bond donors (Lipinski definition) is 1. The molecule has 0 unspecified atom stereocenters. The zero-order valence-electron chi connectivity index (χ0n) is 17.2. The fourth-order valence-corrected chi connectivity index (χ4v) is 3.59. The van der Waals surface area contributed by atoms with Crippen LogP contribution in [0, 0.1) is 0 Å². The summed E-state index contributed by atoms with van der Waals surface area (Å²) in [6, 6.07) is 19.5. The predicted octanol–water partition coefficient (Wildman–Crippen LogP) is 4.32. The third-order valence-electron chi connectivity index (χ3n) is 5.34. The van der Waals surface area contributed by atoms with E-state index in [2.05, 4.69) is 20.4 Å². The van der Waals surface area contributed by atoms with E-state index in [9.17, 15) is 4.79 Å². The van der Waals surface area contributed by atoms with Crippen LogP contribution in [0.4, 0.5) is 11.5 Å². The number of aryl methyl sites for hydroxylation is 1. The highest BCUT2D eigenvalue weighted by molar-refractivity contribution is 5.91. The van der Waals surface area contributed by atoms with Crippen molar-refractivity contribution >= 4 is 17.4 Å². The summed E-state index contributed by atoms with van der Waals surface area (Å²) < 4.78 is 5.15. The molecule has 1 aromatic heterocycles. The van der Waals surface area contributed by atoms with Crippen LogP contribution in [0.2, 0.25) is 0 Å². The lowest BCUT2D eigenvalue weighted by atomic mass is 10.1. The van der Waals surface area contributed by atoms with E-state index in [0.29, 0.717) is 12.8 Å². The number of rotatable bonds is 7. The highest BCUT2D eigenvalue weighted by Gasteiger charge is 2.14. The molecule has 0 radical (unpaired) electrons. The molecule has 0 saturated carbocycles. The lowest BCUT2D eigenvalue weighted by molar-refractivity contribution is -0.116. The zero-order chi connectivity index (χ0) is 20.8. The lowest BCUT2D eigenvalue weighted by Gasteiger charge is -2.15. The number of amides is 1. The second-order valence-electron chi connectivity index (χ2n) is 7.44.